The number of benzene rings is 2. The van der Waals surface area contributed by atoms with Gasteiger partial charge in [-0.1, -0.05) is 12.1 Å². The van der Waals surface area contributed by atoms with Crippen molar-refractivity contribution >= 4 is 22.4 Å². The molecule has 0 spiro atoms. The van der Waals surface area contributed by atoms with E-state index >= 15 is 0 Å². The molecule has 0 atom stereocenters. The molecule has 0 aliphatic carbocycles. The number of pyridine rings is 1. The first-order valence-corrected chi connectivity index (χ1v) is 7.05. The number of methoxy groups -OCH3 is 2. The number of nitrogens with two attached hydrogens (primary N) is 1. The summed E-state index contributed by atoms with van der Waals surface area (Å²) in [6.45, 7) is 0. The molecule has 2 aromatic carbocycles. The minimum atomic E-state index is -0.213. The average molecular weight is 308 g/mol. The van der Waals surface area contributed by atoms with Crippen LogP contribution in [0.15, 0.2) is 48.7 Å². The molecular weight excluding hydrogens is 292 g/mol. The number of anilines is 1. The Kier molecular flexibility index (Phi) is 3.85. The molecule has 2 N–H and O–H groups in total. The summed E-state index contributed by atoms with van der Waals surface area (Å²) in [4.78, 5) is 17.1. The average Bonchev–Trinajstić information content (AvgIpc) is 2.61. The second kappa shape index (κ2) is 5.96. The van der Waals surface area contributed by atoms with Gasteiger partial charge < -0.3 is 15.2 Å². The maximum absolute atomic E-state index is 12.9. The Morgan fingerprint density at radius 3 is 2.57 bits per heavy atom. The largest absolute Gasteiger partial charge is 0.497 e. The lowest BCUT2D eigenvalue weighted by Gasteiger charge is -2.12. The molecule has 0 aliphatic heterocycles. The quantitative estimate of drug-likeness (QED) is 0.592. The Balaban J connectivity index is 2.12. The molecular formula is C18H16N2O3. The molecule has 0 aliphatic rings. The normalized spacial score (nSPS) is 10.5. The summed E-state index contributed by atoms with van der Waals surface area (Å²) in [5.41, 5.74) is 7.97. The monoisotopic (exact) mass is 308 g/mol. The lowest BCUT2D eigenvalue weighted by Crippen LogP contribution is -2.08. The second-order valence-electron chi connectivity index (χ2n) is 5.00. The lowest BCUT2D eigenvalue weighted by molar-refractivity contribution is 0.103. The van der Waals surface area contributed by atoms with E-state index in [9.17, 15) is 4.79 Å². The van der Waals surface area contributed by atoms with Crippen LogP contribution in [0.3, 0.4) is 0 Å². The van der Waals surface area contributed by atoms with E-state index in [0.29, 0.717) is 33.8 Å². The van der Waals surface area contributed by atoms with Crippen molar-refractivity contribution in [2.75, 3.05) is 20.0 Å². The SMILES string of the molecule is COc1ccc(C(=O)c2ccc3cccnc3c2N)c(OC)c1. The van der Waals surface area contributed by atoms with Crippen LogP contribution in [-0.2, 0) is 0 Å². The van der Waals surface area contributed by atoms with Crippen LogP contribution in [0, 0.1) is 0 Å². The Labute approximate surface area is 133 Å². The number of nitrogen functional groups attached to an aromatic ring is 1. The summed E-state index contributed by atoms with van der Waals surface area (Å²) in [7, 11) is 3.07. The second-order valence-corrected chi connectivity index (χ2v) is 5.00. The van der Waals surface area contributed by atoms with Gasteiger partial charge in [-0.25, -0.2) is 0 Å². The smallest absolute Gasteiger partial charge is 0.198 e. The third-order valence-electron chi connectivity index (χ3n) is 3.71. The summed E-state index contributed by atoms with van der Waals surface area (Å²) < 4.78 is 10.5. The summed E-state index contributed by atoms with van der Waals surface area (Å²) in [6, 6.07) is 12.3. The van der Waals surface area contributed by atoms with Gasteiger partial charge in [-0.15, -0.1) is 0 Å². The third kappa shape index (κ3) is 2.57. The summed E-state index contributed by atoms with van der Waals surface area (Å²) in [6.07, 6.45) is 1.65. The van der Waals surface area contributed by atoms with Crippen molar-refractivity contribution in [3.05, 3.63) is 59.8 Å². The number of carbonyl (C=O) groups is 1. The van der Waals surface area contributed by atoms with Crippen LogP contribution < -0.4 is 15.2 Å². The van der Waals surface area contributed by atoms with Gasteiger partial charge >= 0.3 is 0 Å². The topological polar surface area (TPSA) is 74.4 Å². The fourth-order valence-corrected chi connectivity index (χ4v) is 2.50. The molecule has 0 amide bonds. The van der Waals surface area contributed by atoms with Crippen molar-refractivity contribution in [1.82, 2.24) is 4.98 Å². The number of carbonyl (C=O) groups excluding carboxylic acids is 1. The van der Waals surface area contributed by atoms with E-state index in [2.05, 4.69) is 4.98 Å². The Morgan fingerprint density at radius 1 is 1.04 bits per heavy atom. The van der Waals surface area contributed by atoms with Gasteiger partial charge in [-0.3, -0.25) is 9.78 Å². The highest BCUT2D eigenvalue weighted by Gasteiger charge is 2.19. The first kappa shape index (κ1) is 14.8. The van der Waals surface area contributed by atoms with Crippen LogP contribution >= 0.6 is 0 Å². The van der Waals surface area contributed by atoms with E-state index < -0.39 is 0 Å². The van der Waals surface area contributed by atoms with Gasteiger partial charge in [0.1, 0.15) is 11.5 Å². The molecule has 116 valence electrons. The zero-order chi connectivity index (χ0) is 16.4. The van der Waals surface area contributed by atoms with Gasteiger partial charge in [-0.05, 0) is 24.3 Å². The van der Waals surface area contributed by atoms with Crippen LogP contribution in [0.5, 0.6) is 11.5 Å². The number of nitrogens with zero attached hydrogens (tertiary/aromatic N) is 1. The van der Waals surface area contributed by atoms with Crippen LogP contribution in [0.1, 0.15) is 15.9 Å². The molecule has 5 heteroatoms. The van der Waals surface area contributed by atoms with E-state index in [0.717, 1.165) is 5.39 Å². The molecule has 0 saturated carbocycles. The molecule has 3 rings (SSSR count). The van der Waals surface area contributed by atoms with Crippen LogP contribution in [-0.4, -0.2) is 25.0 Å². The number of rotatable bonds is 4. The van der Waals surface area contributed by atoms with Crippen molar-refractivity contribution in [2.24, 2.45) is 0 Å². The summed E-state index contributed by atoms with van der Waals surface area (Å²) >= 11 is 0. The molecule has 0 saturated heterocycles. The zero-order valence-electron chi connectivity index (χ0n) is 12.9. The van der Waals surface area contributed by atoms with Gasteiger partial charge in [0.15, 0.2) is 5.78 Å². The maximum Gasteiger partial charge on any atom is 0.198 e. The lowest BCUT2D eigenvalue weighted by atomic mass is 9.99. The van der Waals surface area contributed by atoms with E-state index in [4.69, 9.17) is 15.2 Å². The highest BCUT2D eigenvalue weighted by atomic mass is 16.5. The Morgan fingerprint density at radius 2 is 1.83 bits per heavy atom. The molecule has 0 unspecified atom stereocenters. The van der Waals surface area contributed by atoms with Gasteiger partial charge in [0.05, 0.1) is 31.0 Å². The molecule has 3 aromatic rings. The van der Waals surface area contributed by atoms with Crippen molar-refractivity contribution in [3.8, 4) is 11.5 Å². The number of ether oxygens (including phenoxy) is 2. The number of hydrogen-bond donors (Lipinski definition) is 1. The van der Waals surface area contributed by atoms with Crippen molar-refractivity contribution in [1.29, 1.82) is 0 Å². The van der Waals surface area contributed by atoms with E-state index in [1.807, 2.05) is 18.2 Å². The zero-order valence-corrected chi connectivity index (χ0v) is 12.9. The molecule has 0 bridgehead atoms. The molecule has 0 fully saturated rings. The number of aromatic nitrogens is 1. The fourth-order valence-electron chi connectivity index (χ4n) is 2.50. The summed E-state index contributed by atoms with van der Waals surface area (Å²) in [5, 5.41) is 0.892. The predicted octanol–water partition coefficient (Wildman–Crippen LogP) is 3.07. The minimum Gasteiger partial charge on any atom is -0.497 e. The predicted molar refractivity (Wildman–Crippen MR) is 89.1 cm³/mol. The van der Waals surface area contributed by atoms with Gasteiger partial charge in [0, 0.05) is 23.2 Å². The van der Waals surface area contributed by atoms with E-state index in [-0.39, 0.29) is 5.78 Å². The fraction of sp³-hybridized carbons (Fsp3) is 0.111. The molecule has 0 radical (unpaired) electrons. The molecule has 1 heterocycles. The van der Waals surface area contributed by atoms with Gasteiger partial charge in [0.2, 0.25) is 0 Å². The molecule has 1 aromatic heterocycles. The number of fused-ring (bicyclic) bond motifs is 1. The van der Waals surface area contributed by atoms with Crippen LogP contribution in [0.25, 0.3) is 10.9 Å². The molecule has 23 heavy (non-hydrogen) atoms. The van der Waals surface area contributed by atoms with Crippen molar-refractivity contribution < 1.29 is 14.3 Å². The number of ketones is 1. The minimum absolute atomic E-state index is 0.213. The van der Waals surface area contributed by atoms with Crippen LogP contribution in [0.4, 0.5) is 5.69 Å². The van der Waals surface area contributed by atoms with Crippen molar-refractivity contribution in [3.63, 3.8) is 0 Å². The standard InChI is InChI=1S/C18H16N2O3/c1-22-12-6-8-13(15(10-12)23-2)18(21)14-7-5-11-4-3-9-20-17(11)16(14)19/h3-10H,19H2,1-2H3. The highest BCUT2D eigenvalue weighted by molar-refractivity contribution is 6.16. The van der Waals surface area contributed by atoms with Gasteiger partial charge in [0.25, 0.3) is 0 Å². The van der Waals surface area contributed by atoms with Crippen LogP contribution in [0.2, 0.25) is 0 Å². The Bertz CT molecular complexity index is 891. The maximum atomic E-state index is 12.9. The third-order valence-corrected chi connectivity index (χ3v) is 3.71. The van der Waals surface area contributed by atoms with E-state index in [1.165, 1.54) is 7.11 Å². The van der Waals surface area contributed by atoms with E-state index in [1.54, 1.807) is 37.6 Å². The first-order valence-electron chi connectivity index (χ1n) is 7.05. The van der Waals surface area contributed by atoms with Crippen molar-refractivity contribution in [2.45, 2.75) is 0 Å². The highest BCUT2D eigenvalue weighted by Crippen LogP contribution is 2.30. The first-order chi connectivity index (χ1) is 11.2. The Hall–Kier alpha value is -3.08. The molecule has 5 nitrogen and oxygen atoms in total. The number of hydrogen-bond acceptors (Lipinski definition) is 5. The summed E-state index contributed by atoms with van der Waals surface area (Å²) in [5.74, 6) is 0.843. The van der Waals surface area contributed by atoms with Gasteiger partial charge in [-0.2, -0.15) is 0 Å².